The molecule has 29 heavy (non-hydrogen) atoms. The Bertz CT molecular complexity index is 1040. The quantitative estimate of drug-likeness (QED) is 0.762. The van der Waals surface area contributed by atoms with Crippen LogP contribution < -0.4 is 10.2 Å². The number of amidine groups is 1. The van der Waals surface area contributed by atoms with Gasteiger partial charge in [0.25, 0.3) is 10.0 Å². The maximum absolute atomic E-state index is 12.9. The van der Waals surface area contributed by atoms with Crippen molar-refractivity contribution in [3.63, 3.8) is 0 Å². The van der Waals surface area contributed by atoms with E-state index in [0.29, 0.717) is 23.6 Å². The Morgan fingerprint density at radius 1 is 1.14 bits per heavy atom. The number of carbonyl (C=O) groups is 1. The third-order valence-electron chi connectivity index (χ3n) is 5.44. The van der Waals surface area contributed by atoms with Crippen LogP contribution >= 0.6 is 0 Å². The molecule has 2 aromatic carbocycles. The first-order chi connectivity index (χ1) is 14.0. The molecule has 1 amide bonds. The summed E-state index contributed by atoms with van der Waals surface area (Å²) in [6, 6.07) is 14.7. The van der Waals surface area contributed by atoms with Gasteiger partial charge in [-0.3, -0.25) is 9.69 Å². The van der Waals surface area contributed by atoms with Crippen LogP contribution in [0.3, 0.4) is 0 Å². The van der Waals surface area contributed by atoms with Gasteiger partial charge in [0.05, 0.1) is 5.69 Å². The summed E-state index contributed by atoms with van der Waals surface area (Å²) < 4.78 is 29.9. The van der Waals surface area contributed by atoms with Gasteiger partial charge in [-0.15, -0.1) is 4.40 Å². The Hall–Kier alpha value is -2.67. The van der Waals surface area contributed by atoms with E-state index in [1.165, 1.54) is 6.07 Å². The Kier molecular flexibility index (Phi) is 5.41. The number of benzene rings is 2. The maximum atomic E-state index is 12.9. The van der Waals surface area contributed by atoms with E-state index in [-0.39, 0.29) is 16.7 Å². The van der Waals surface area contributed by atoms with E-state index in [9.17, 15) is 13.2 Å². The fraction of sp³-hybridized carbons (Fsp3) is 0.364. The number of nitrogens with zero attached hydrogens (tertiary/aromatic N) is 2. The molecule has 4 rings (SSSR count). The molecule has 1 N–H and O–H groups in total. The van der Waals surface area contributed by atoms with Crippen LogP contribution in [0.5, 0.6) is 0 Å². The number of fused-ring (bicyclic) bond motifs is 1. The van der Waals surface area contributed by atoms with Crippen molar-refractivity contribution in [1.29, 1.82) is 0 Å². The number of carbonyl (C=O) groups excluding carboxylic acids is 1. The third-order valence-corrected chi connectivity index (χ3v) is 6.78. The Labute approximate surface area is 171 Å². The lowest BCUT2D eigenvalue weighted by Crippen LogP contribution is -2.32. The van der Waals surface area contributed by atoms with Gasteiger partial charge in [0.1, 0.15) is 10.7 Å². The first-order valence-corrected chi connectivity index (χ1v) is 11.6. The van der Waals surface area contributed by atoms with E-state index >= 15 is 0 Å². The minimum absolute atomic E-state index is 0.0117. The molecule has 0 radical (unpaired) electrons. The van der Waals surface area contributed by atoms with Crippen molar-refractivity contribution in [2.45, 2.75) is 50.3 Å². The van der Waals surface area contributed by atoms with Crippen molar-refractivity contribution in [3.05, 3.63) is 48.5 Å². The van der Waals surface area contributed by atoms with E-state index in [4.69, 9.17) is 0 Å². The van der Waals surface area contributed by atoms with Crippen LogP contribution in [0, 0.1) is 5.92 Å². The van der Waals surface area contributed by atoms with Crippen LogP contribution in [-0.4, -0.2) is 20.2 Å². The summed E-state index contributed by atoms with van der Waals surface area (Å²) in [5, 5.41) is 2.89. The third kappa shape index (κ3) is 3.92. The van der Waals surface area contributed by atoms with Crippen LogP contribution in [0.25, 0.3) is 0 Å². The van der Waals surface area contributed by atoms with Gasteiger partial charge in [0.2, 0.25) is 5.91 Å². The van der Waals surface area contributed by atoms with Gasteiger partial charge in [-0.25, -0.2) is 0 Å². The molecule has 0 saturated heterocycles. The second-order valence-corrected chi connectivity index (χ2v) is 9.13. The fourth-order valence-electron chi connectivity index (χ4n) is 4.03. The number of hydrogen-bond acceptors (Lipinski definition) is 4. The number of nitrogens with one attached hydrogen (secondary N) is 1. The zero-order valence-electron chi connectivity index (χ0n) is 16.5. The molecule has 1 aliphatic heterocycles. The smallest absolute Gasteiger partial charge is 0.286 e. The molecular weight excluding hydrogens is 386 g/mol. The van der Waals surface area contributed by atoms with Crippen molar-refractivity contribution in [2.24, 2.45) is 10.3 Å². The molecule has 0 atom stereocenters. The monoisotopic (exact) mass is 411 g/mol. The molecule has 2 aromatic rings. The highest BCUT2D eigenvalue weighted by Gasteiger charge is 2.32. The first-order valence-electron chi connectivity index (χ1n) is 10.1. The minimum atomic E-state index is -3.84. The normalized spacial score (nSPS) is 18.2. The lowest BCUT2D eigenvalue weighted by molar-refractivity contribution is -0.119. The number of sulfonamides is 1. The summed E-state index contributed by atoms with van der Waals surface area (Å²) in [6.45, 7) is 2.00. The molecule has 1 aliphatic carbocycles. The predicted octanol–water partition coefficient (Wildman–Crippen LogP) is 4.85. The fourth-order valence-corrected chi connectivity index (χ4v) is 5.28. The van der Waals surface area contributed by atoms with Crippen molar-refractivity contribution in [3.8, 4) is 0 Å². The highest BCUT2D eigenvalue weighted by Crippen LogP contribution is 2.39. The van der Waals surface area contributed by atoms with Crippen LogP contribution in [0.15, 0.2) is 57.8 Å². The summed E-state index contributed by atoms with van der Waals surface area (Å²) in [6.07, 6.45) is 5.24. The first kappa shape index (κ1) is 19.6. The summed E-state index contributed by atoms with van der Waals surface area (Å²) in [5.41, 5.74) is 1.92. The molecule has 1 fully saturated rings. The topological polar surface area (TPSA) is 78.8 Å². The maximum Gasteiger partial charge on any atom is 0.286 e. The molecule has 1 saturated carbocycles. The summed E-state index contributed by atoms with van der Waals surface area (Å²) in [7, 11) is -3.84. The Morgan fingerprint density at radius 2 is 1.86 bits per heavy atom. The lowest BCUT2D eigenvalue weighted by Gasteiger charge is -2.31. The van der Waals surface area contributed by atoms with E-state index < -0.39 is 10.0 Å². The molecule has 0 bridgehead atoms. The second kappa shape index (κ2) is 7.99. The Morgan fingerprint density at radius 3 is 2.55 bits per heavy atom. The molecule has 2 aliphatic rings. The van der Waals surface area contributed by atoms with E-state index in [1.807, 2.05) is 42.2 Å². The zero-order chi connectivity index (χ0) is 20.4. The lowest BCUT2D eigenvalue weighted by atomic mass is 10.1. The number of anilines is 3. The molecule has 0 aromatic heterocycles. The van der Waals surface area contributed by atoms with Gasteiger partial charge in [-0.1, -0.05) is 38.0 Å². The molecule has 0 unspecified atom stereocenters. The number of para-hydroxylation sites is 1. The van der Waals surface area contributed by atoms with Gasteiger partial charge < -0.3 is 5.32 Å². The van der Waals surface area contributed by atoms with E-state index in [0.717, 1.165) is 37.8 Å². The predicted molar refractivity (Wildman–Crippen MR) is 115 cm³/mol. The van der Waals surface area contributed by atoms with Crippen LogP contribution in [0.2, 0.25) is 0 Å². The van der Waals surface area contributed by atoms with Crippen molar-refractivity contribution < 1.29 is 13.2 Å². The second-order valence-electron chi connectivity index (χ2n) is 7.56. The SMILES string of the molecule is CCCC1=NS(=O)(=O)c2cc(NC(=O)C3CCCC3)ccc2N1c1ccccc1. The van der Waals surface area contributed by atoms with Gasteiger partial charge in [-0.05, 0) is 49.6 Å². The van der Waals surface area contributed by atoms with Gasteiger partial charge in [0, 0.05) is 23.7 Å². The summed E-state index contributed by atoms with van der Waals surface area (Å²) >= 11 is 0. The Balaban J connectivity index is 1.74. The molecule has 1 heterocycles. The van der Waals surface area contributed by atoms with Crippen LogP contribution in [-0.2, 0) is 14.8 Å². The van der Waals surface area contributed by atoms with Crippen LogP contribution in [0.4, 0.5) is 17.1 Å². The number of hydrogen-bond donors (Lipinski definition) is 1. The summed E-state index contributed by atoms with van der Waals surface area (Å²) in [4.78, 5) is 14.5. The average molecular weight is 412 g/mol. The molecular formula is C22H25N3O3S. The van der Waals surface area contributed by atoms with Gasteiger partial charge in [-0.2, -0.15) is 8.42 Å². The van der Waals surface area contributed by atoms with Crippen molar-refractivity contribution in [1.82, 2.24) is 0 Å². The van der Waals surface area contributed by atoms with E-state index in [1.54, 1.807) is 12.1 Å². The highest BCUT2D eigenvalue weighted by molar-refractivity contribution is 7.90. The molecule has 152 valence electrons. The summed E-state index contributed by atoms with van der Waals surface area (Å²) in [5.74, 6) is 0.484. The number of rotatable bonds is 5. The van der Waals surface area contributed by atoms with Crippen molar-refractivity contribution >= 4 is 38.8 Å². The molecule has 7 heteroatoms. The largest absolute Gasteiger partial charge is 0.326 e. The average Bonchev–Trinajstić information content (AvgIpc) is 3.24. The van der Waals surface area contributed by atoms with Gasteiger partial charge >= 0.3 is 0 Å². The number of amides is 1. The molecule has 0 spiro atoms. The highest BCUT2D eigenvalue weighted by atomic mass is 32.2. The van der Waals surface area contributed by atoms with Gasteiger partial charge in [0.15, 0.2) is 0 Å². The standard InChI is InChI=1S/C22H25N3O3S/c1-2-8-21-24-29(27,28)20-15-17(23-22(26)16-9-6-7-10-16)13-14-19(20)25(21)18-11-4-3-5-12-18/h3-5,11-16H,2,6-10H2,1H3,(H,23,26). The zero-order valence-corrected chi connectivity index (χ0v) is 17.3. The minimum Gasteiger partial charge on any atom is -0.326 e. The molecule has 6 nitrogen and oxygen atoms in total. The van der Waals surface area contributed by atoms with Crippen molar-refractivity contribution in [2.75, 3.05) is 10.2 Å². The van der Waals surface area contributed by atoms with E-state index in [2.05, 4.69) is 9.71 Å². The van der Waals surface area contributed by atoms with Crippen LogP contribution in [0.1, 0.15) is 45.4 Å².